The highest BCUT2D eigenvalue weighted by molar-refractivity contribution is 5.93. The smallest absolute Gasteiger partial charge is 0.340 e. The molecule has 0 bridgehead atoms. The number of carbonyl (C=O) groups is 4. The van der Waals surface area contributed by atoms with Crippen LogP contribution >= 0.6 is 0 Å². The molecule has 0 radical (unpaired) electrons. The number of cyclic esters (lactones) is 1. The summed E-state index contributed by atoms with van der Waals surface area (Å²) in [5.74, 6) is -1.15. The van der Waals surface area contributed by atoms with Gasteiger partial charge in [-0.2, -0.15) is 0 Å². The van der Waals surface area contributed by atoms with Crippen LogP contribution in [0.25, 0.3) is 16.6 Å². The van der Waals surface area contributed by atoms with Crippen LogP contribution in [-0.4, -0.2) is 72.4 Å². The van der Waals surface area contributed by atoms with Crippen LogP contribution in [0.2, 0.25) is 0 Å². The van der Waals surface area contributed by atoms with E-state index in [9.17, 15) is 23.9 Å². The highest BCUT2D eigenvalue weighted by Crippen LogP contribution is 2.41. The van der Waals surface area contributed by atoms with E-state index >= 15 is 0 Å². The van der Waals surface area contributed by atoms with Gasteiger partial charge in [-0.05, 0) is 68.7 Å². The normalized spacial score (nSPS) is 22.3. The number of pyridine rings is 1. The second kappa shape index (κ2) is 15.2. The first-order chi connectivity index (χ1) is 21.1. The Hall–Kier alpha value is -3.96. The topological polar surface area (TPSA) is 149 Å². The molecule has 0 saturated heterocycles. The standard InChI is InChI=1S/C23H21FN2O4.C6H11NO2.C2H4O.C2H6/c1-11-13-4-3-5-14-16-8-26(2)19(21(16)25-18(20(13)14)7-17(11)24)6-15-12(9-27)10-30-23(29)22(15)28;1-9-5-2-4(3-5)6(7)8;1-2-3;1-2/h6-7,9,22,28H,3-5,8,10H2,1-2H3;4-5H,2-3H2,1H3,(H2,7,8);2H,1H3;1-2H3/b19-6-;;;. The number of hydrogen-bond acceptors (Lipinski definition) is 9. The molecule has 3 heterocycles. The van der Waals surface area contributed by atoms with E-state index in [1.54, 1.807) is 13.2 Å². The van der Waals surface area contributed by atoms with E-state index in [1.807, 2.05) is 32.7 Å². The summed E-state index contributed by atoms with van der Waals surface area (Å²) in [6.07, 6.45) is 6.07. The number of rotatable bonds is 4. The van der Waals surface area contributed by atoms with Crippen LogP contribution in [0.1, 0.15) is 68.0 Å². The van der Waals surface area contributed by atoms with Crippen molar-refractivity contribution in [1.82, 2.24) is 9.88 Å². The molecule has 10 nitrogen and oxygen atoms in total. The number of methoxy groups -OCH3 is 1. The molecule has 1 unspecified atom stereocenters. The zero-order valence-electron chi connectivity index (χ0n) is 26.2. The molecule has 1 amide bonds. The molecular formula is C33H42FN3O7. The first kappa shape index (κ1) is 34.5. The van der Waals surface area contributed by atoms with Crippen molar-refractivity contribution in [2.24, 2.45) is 11.7 Å². The number of aliphatic hydroxyl groups is 1. The number of benzene rings is 1. The third kappa shape index (κ3) is 6.89. The number of aliphatic hydroxyl groups excluding tert-OH is 1. The molecule has 238 valence electrons. The fraction of sp³-hybridized carbons (Fsp3) is 0.485. The molecule has 0 spiro atoms. The summed E-state index contributed by atoms with van der Waals surface area (Å²) in [5, 5.41) is 11.4. The van der Waals surface area contributed by atoms with Crippen molar-refractivity contribution in [3.8, 4) is 0 Å². The molecule has 1 aromatic heterocycles. The quantitative estimate of drug-likeness (QED) is 0.391. The maximum absolute atomic E-state index is 14.5. The number of aromatic nitrogens is 1. The van der Waals surface area contributed by atoms with Crippen molar-refractivity contribution in [1.29, 1.82) is 0 Å². The molecule has 2 aliphatic heterocycles. The minimum atomic E-state index is -1.52. The summed E-state index contributed by atoms with van der Waals surface area (Å²) in [7, 11) is 3.55. The third-order valence-corrected chi connectivity index (χ3v) is 8.24. The second-order valence-corrected chi connectivity index (χ2v) is 10.8. The lowest BCUT2D eigenvalue weighted by atomic mass is 9.82. The summed E-state index contributed by atoms with van der Waals surface area (Å²) in [4.78, 5) is 49.3. The lowest BCUT2D eigenvalue weighted by Gasteiger charge is -2.31. The first-order valence-corrected chi connectivity index (χ1v) is 14.9. The number of esters is 1. The Morgan fingerprint density at radius 1 is 1.20 bits per heavy atom. The summed E-state index contributed by atoms with van der Waals surface area (Å²) >= 11 is 0. The van der Waals surface area contributed by atoms with Gasteiger partial charge in [0, 0.05) is 54.8 Å². The highest BCUT2D eigenvalue weighted by atomic mass is 19.1. The Bertz CT molecular complexity index is 1490. The number of nitrogens with zero attached hydrogens (tertiary/aromatic N) is 2. The predicted octanol–water partition coefficient (Wildman–Crippen LogP) is 3.50. The minimum Gasteiger partial charge on any atom is -0.459 e. The Balaban J connectivity index is 0.000000317. The maximum Gasteiger partial charge on any atom is 0.340 e. The molecule has 1 fully saturated rings. The minimum absolute atomic E-state index is 0.0787. The van der Waals surface area contributed by atoms with E-state index in [0.717, 1.165) is 54.9 Å². The van der Waals surface area contributed by atoms with Crippen LogP contribution in [0, 0.1) is 18.7 Å². The largest absolute Gasteiger partial charge is 0.459 e. The number of carbonyl (C=O) groups excluding carboxylic acids is 4. The van der Waals surface area contributed by atoms with E-state index in [1.165, 1.54) is 18.6 Å². The van der Waals surface area contributed by atoms with Gasteiger partial charge in [0.05, 0.1) is 23.0 Å². The summed E-state index contributed by atoms with van der Waals surface area (Å²) in [5.41, 5.74) is 11.5. The van der Waals surface area contributed by atoms with Gasteiger partial charge in [-0.15, -0.1) is 0 Å². The number of amides is 1. The van der Waals surface area contributed by atoms with Gasteiger partial charge in [0.25, 0.3) is 0 Å². The Kier molecular flexibility index (Phi) is 11.9. The van der Waals surface area contributed by atoms with Crippen LogP contribution in [0.3, 0.4) is 0 Å². The molecular weight excluding hydrogens is 569 g/mol. The van der Waals surface area contributed by atoms with Gasteiger partial charge in [0.2, 0.25) is 5.91 Å². The molecule has 1 atom stereocenters. The van der Waals surface area contributed by atoms with E-state index in [4.69, 9.17) is 25.0 Å². The van der Waals surface area contributed by atoms with E-state index in [0.29, 0.717) is 35.3 Å². The number of hydrogen-bond donors (Lipinski definition) is 2. The van der Waals surface area contributed by atoms with Crippen LogP contribution in [0.5, 0.6) is 0 Å². The molecule has 44 heavy (non-hydrogen) atoms. The molecule has 1 aromatic carbocycles. The lowest BCUT2D eigenvalue weighted by molar-refractivity contribution is -0.152. The Morgan fingerprint density at radius 2 is 1.84 bits per heavy atom. The van der Waals surface area contributed by atoms with Gasteiger partial charge in [-0.1, -0.05) is 13.8 Å². The number of nitrogens with two attached hydrogens (primary N) is 1. The number of aryl methyl sites for hydroxylation is 2. The second-order valence-electron chi connectivity index (χ2n) is 10.8. The molecule has 1 saturated carbocycles. The molecule has 2 aromatic rings. The number of ether oxygens (including phenoxy) is 2. The SMILES string of the molecule is CC.CC=O.COC1CC(C(N)=O)C1.Cc1c(F)cc2nc3c(c4c2c1CCC4)CN(C)/C3=C\C1=C(C=O)COC(=O)C1O. The fourth-order valence-electron chi connectivity index (χ4n) is 5.81. The Labute approximate surface area is 257 Å². The number of halogens is 1. The van der Waals surface area contributed by atoms with Crippen molar-refractivity contribution < 1.29 is 38.1 Å². The average molecular weight is 612 g/mol. The van der Waals surface area contributed by atoms with Gasteiger partial charge >= 0.3 is 5.97 Å². The summed E-state index contributed by atoms with van der Waals surface area (Å²) < 4.78 is 24.4. The first-order valence-electron chi connectivity index (χ1n) is 14.9. The van der Waals surface area contributed by atoms with Gasteiger partial charge in [0.15, 0.2) is 6.10 Å². The van der Waals surface area contributed by atoms with Gasteiger partial charge < -0.3 is 30.0 Å². The maximum atomic E-state index is 14.5. The van der Waals surface area contributed by atoms with Crippen molar-refractivity contribution in [2.75, 3.05) is 20.8 Å². The molecule has 2 aliphatic carbocycles. The van der Waals surface area contributed by atoms with Crippen LogP contribution < -0.4 is 5.73 Å². The van der Waals surface area contributed by atoms with Crippen LogP contribution in [0.15, 0.2) is 23.3 Å². The molecule has 11 heteroatoms. The van der Waals surface area contributed by atoms with Crippen LogP contribution in [0.4, 0.5) is 4.39 Å². The lowest BCUT2D eigenvalue weighted by Crippen LogP contribution is -2.39. The van der Waals surface area contributed by atoms with Gasteiger partial charge in [-0.3, -0.25) is 9.59 Å². The number of primary amides is 1. The van der Waals surface area contributed by atoms with Crippen LogP contribution in [-0.2, 0) is 48.0 Å². The van der Waals surface area contributed by atoms with Gasteiger partial charge in [0.1, 0.15) is 25.0 Å². The van der Waals surface area contributed by atoms with Crippen molar-refractivity contribution in [2.45, 2.75) is 78.6 Å². The molecule has 4 aliphatic rings. The number of fused-ring (bicyclic) bond motifs is 2. The predicted molar refractivity (Wildman–Crippen MR) is 164 cm³/mol. The number of aldehydes is 2. The van der Waals surface area contributed by atoms with Crippen molar-refractivity contribution in [3.05, 3.63) is 57.1 Å². The Morgan fingerprint density at radius 3 is 2.43 bits per heavy atom. The zero-order chi connectivity index (χ0) is 32.7. The summed E-state index contributed by atoms with van der Waals surface area (Å²) in [6.45, 7) is 7.72. The van der Waals surface area contributed by atoms with Gasteiger partial charge in [-0.25, -0.2) is 14.2 Å². The van der Waals surface area contributed by atoms with E-state index in [-0.39, 0.29) is 41.5 Å². The monoisotopic (exact) mass is 611 g/mol. The highest BCUT2D eigenvalue weighted by Gasteiger charge is 2.34. The van der Waals surface area contributed by atoms with Crippen molar-refractivity contribution in [3.63, 3.8) is 0 Å². The van der Waals surface area contributed by atoms with E-state index in [2.05, 4.69) is 0 Å². The fourth-order valence-corrected chi connectivity index (χ4v) is 5.81. The van der Waals surface area contributed by atoms with E-state index < -0.39 is 12.1 Å². The molecule has 3 N–H and O–H groups in total. The molecule has 6 rings (SSSR count). The van der Waals surface area contributed by atoms with Crippen molar-refractivity contribution >= 4 is 41.0 Å². The summed E-state index contributed by atoms with van der Waals surface area (Å²) in [6, 6.07) is 1.49. The zero-order valence-corrected chi connectivity index (χ0v) is 26.2. The average Bonchev–Trinajstić information content (AvgIpc) is 3.30. The third-order valence-electron chi connectivity index (χ3n) is 8.24.